The van der Waals surface area contributed by atoms with E-state index < -0.39 is 10.0 Å². The van der Waals surface area contributed by atoms with Gasteiger partial charge in [0.05, 0.1) is 17.5 Å². The quantitative estimate of drug-likeness (QED) is 0.517. The molecule has 1 atom stereocenters. The molecule has 7 heteroatoms. The highest BCUT2D eigenvalue weighted by atomic mass is 35.5. The van der Waals surface area contributed by atoms with Crippen molar-refractivity contribution in [2.45, 2.75) is 24.3 Å². The molecule has 0 aliphatic heterocycles. The Hall–Kier alpha value is -2.67. The first-order valence-electron chi connectivity index (χ1n) is 10.0. The Labute approximate surface area is 188 Å². The maximum Gasteiger partial charge on any atom is 0.243 e. The van der Waals surface area contributed by atoms with Crippen molar-refractivity contribution < 1.29 is 13.2 Å². The van der Waals surface area contributed by atoms with Gasteiger partial charge in [-0.2, -0.15) is 4.31 Å². The first-order valence-corrected chi connectivity index (χ1v) is 11.8. The van der Waals surface area contributed by atoms with Gasteiger partial charge >= 0.3 is 0 Å². The molecule has 0 spiro atoms. The molecule has 0 aliphatic rings. The summed E-state index contributed by atoms with van der Waals surface area (Å²) in [7, 11) is -3.82. The number of benzene rings is 3. The second-order valence-corrected chi connectivity index (χ2v) is 9.60. The van der Waals surface area contributed by atoms with E-state index in [1.165, 1.54) is 4.31 Å². The van der Waals surface area contributed by atoms with Gasteiger partial charge in [-0.15, -0.1) is 0 Å². The van der Waals surface area contributed by atoms with E-state index in [1.807, 2.05) is 49.4 Å². The summed E-state index contributed by atoms with van der Waals surface area (Å²) < 4.78 is 27.7. The zero-order chi connectivity index (χ0) is 22.3. The summed E-state index contributed by atoms with van der Waals surface area (Å²) in [5, 5.41) is 3.49. The molecule has 1 N–H and O–H groups in total. The average molecular weight is 457 g/mol. The summed E-state index contributed by atoms with van der Waals surface area (Å²) in [5.74, 6) is -0.366. The minimum atomic E-state index is -3.82. The fourth-order valence-corrected chi connectivity index (χ4v) is 4.75. The van der Waals surface area contributed by atoms with Crippen molar-refractivity contribution in [2.75, 3.05) is 13.1 Å². The number of carbonyl (C=O) groups excluding carboxylic acids is 1. The van der Waals surface area contributed by atoms with Gasteiger partial charge in [-0.1, -0.05) is 72.3 Å². The van der Waals surface area contributed by atoms with Crippen LogP contribution in [0.15, 0.2) is 89.8 Å². The first-order chi connectivity index (χ1) is 14.9. The molecule has 0 heterocycles. The molecule has 3 aromatic carbocycles. The van der Waals surface area contributed by atoms with Gasteiger partial charge < -0.3 is 5.32 Å². The molecule has 5 nitrogen and oxygen atoms in total. The van der Waals surface area contributed by atoms with Crippen LogP contribution in [0, 0.1) is 0 Å². The second-order valence-electron chi connectivity index (χ2n) is 7.23. The number of hydrogen-bond acceptors (Lipinski definition) is 3. The minimum Gasteiger partial charge on any atom is -0.348 e. The van der Waals surface area contributed by atoms with E-state index in [2.05, 4.69) is 5.32 Å². The van der Waals surface area contributed by atoms with Gasteiger partial charge in [-0.3, -0.25) is 4.79 Å². The monoisotopic (exact) mass is 456 g/mol. The Morgan fingerprint density at radius 2 is 1.52 bits per heavy atom. The van der Waals surface area contributed by atoms with E-state index >= 15 is 0 Å². The molecule has 3 aromatic rings. The molecule has 31 heavy (non-hydrogen) atoms. The lowest BCUT2D eigenvalue weighted by molar-refractivity contribution is -0.121. The number of nitrogens with one attached hydrogen (secondary N) is 1. The van der Waals surface area contributed by atoms with Crippen molar-refractivity contribution in [3.05, 3.63) is 101 Å². The second kappa shape index (κ2) is 10.6. The van der Waals surface area contributed by atoms with Crippen LogP contribution in [-0.2, 0) is 21.2 Å². The van der Waals surface area contributed by atoms with Gasteiger partial charge in [0.2, 0.25) is 15.9 Å². The number of carbonyl (C=O) groups is 1. The lowest BCUT2D eigenvalue weighted by Crippen LogP contribution is -2.42. The molecule has 0 fully saturated rings. The predicted molar refractivity (Wildman–Crippen MR) is 123 cm³/mol. The van der Waals surface area contributed by atoms with Crippen molar-refractivity contribution in [2.24, 2.45) is 0 Å². The third-order valence-corrected chi connectivity index (χ3v) is 7.05. The Morgan fingerprint density at radius 1 is 0.935 bits per heavy atom. The van der Waals surface area contributed by atoms with Crippen molar-refractivity contribution in [1.82, 2.24) is 9.62 Å². The van der Waals surface area contributed by atoms with Crippen LogP contribution in [0.2, 0.25) is 5.02 Å². The van der Waals surface area contributed by atoms with Crippen molar-refractivity contribution in [1.29, 1.82) is 0 Å². The number of halogens is 1. The maximum atomic E-state index is 13.2. The van der Waals surface area contributed by atoms with Gasteiger partial charge in [0.15, 0.2) is 0 Å². The predicted octanol–water partition coefficient (Wildman–Crippen LogP) is 4.45. The zero-order valence-electron chi connectivity index (χ0n) is 17.2. The molecular formula is C24H25ClN2O3S. The molecule has 0 radical (unpaired) electrons. The molecule has 0 unspecified atom stereocenters. The normalized spacial score (nSPS) is 12.5. The fourth-order valence-electron chi connectivity index (χ4n) is 3.21. The summed E-state index contributed by atoms with van der Waals surface area (Å²) >= 11 is 5.92. The molecule has 1 amide bonds. The van der Waals surface area contributed by atoms with Gasteiger partial charge in [-0.05, 0) is 48.7 Å². The molecule has 0 saturated carbocycles. The first kappa shape index (κ1) is 23.0. The van der Waals surface area contributed by atoms with E-state index in [0.29, 0.717) is 11.4 Å². The van der Waals surface area contributed by atoms with Gasteiger partial charge in [0.25, 0.3) is 0 Å². The van der Waals surface area contributed by atoms with Crippen molar-refractivity contribution in [3.63, 3.8) is 0 Å². The van der Waals surface area contributed by atoms with Crippen LogP contribution < -0.4 is 5.32 Å². The molecule has 162 valence electrons. The molecule has 0 bridgehead atoms. The van der Waals surface area contributed by atoms with E-state index in [9.17, 15) is 13.2 Å². The van der Waals surface area contributed by atoms with Crippen molar-refractivity contribution >= 4 is 27.5 Å². The molecule has 0 saturated heterocycles. The summed E-state index contributed by atoms with van der Waals surface area (Å²) in [6, 6.07) is 24.7. The fraction of sp³-hybridized carbons (Fsp3) is 0.208. The van der Waals surface area contributed by atoms with Crippen LogP contribution in [0.25, 0.3) is 0 Å². The smallest absolute Gasteiger partial charge is 0.243 e. The van der Waals surface area contributed by atoms with Crippen LogP contribution in [-0.4, -0.2) is 31.7 Å². The van der Waals surface area contributed by atoms with E-state index in [4.69, 9.17) is 11.6 Å². The third kappa shape index (κ3) is 6.40. The Kier molecular flexibility index (Phi) is 7.85. The zero-order valence-corrected chi connectivity index (χ0v) is 18.8. The van der Waals surface area contributed by atoms with Gasteiger partial charge in [0, 0.05) is 11.6 Å². The molecular weight excluding hydrogens is 432 g/mol. The minimum absolute atomic E-state index is 0.168. The lowest BCUT2D eigenvalue weighted by Gasteiger charge is -2.23. The van der Waals surface area contributed by atoms with Crippen molar-refractivity contribution in [3.8, 4) is 0 Å². The summed E-state index contributed by atoms with van der Waals surface area (Å²) in [4.78, 5) is 12.9. The third-order valence-electron chi connectivity index (χ3n) is 4.94. The van der Waals surface area contributed by atoms with Crippen LogP contribution in [0.4, 0.5) is 0 Å². The number of hydrogen-bond donors (Lipinski definition) is 1. The van der Waals surface area contributed by atoms with E-state index in [0.717, 1.165) is 11.1 Å². The van der Waals surface area contributed by atoms with Gasteiger partial charge in [0.1, 0.15) is 0 Å². The average Bonchev–Trinajstić information content (AvgIpc) is 2.78. The van der Waals surface area contributed by atoms with Crippen LogP contribution in [0.1, 0.15) is 24.1 Å². The Morgan fingerprint density at radius 3 is 2.13 bits per heavy atom. The molecule has 0 aliphatic carbocycles. The molecule has 0 aromatic heterocycles. The van der Waals surface area contributed by atoms with Crippen LogP contribution >= 0.6 is 11.6 Å². The Balaban J connectivity index is 1.75. The SMILES string of the molecule is C[C@H](NC(=O)CN(CCc1ccccc1)S(=O)(=O)c1ccccc1)c1ccc(Cl)cc1. The summed E-state index contributed by atoms with van der Waals surface area (Å²) in [6.07, 6.45) is 0.507. The lowest BCUT2D eigenvalue weighted by atomic mass is 10.1. The summed E-state index contributed by atoms with van der Waals surface area (Å²) in [6.45, 7) is 1.78. The van der Waals surface area contributed by atoms with E-state index in [-0.39, 0.29) is 29.9 Å². The Bertz CT molecular complexity index is 1090. The highest BCUT2D eigenvalue weighted by Crippen LogP contribution is 2.18. The largest absolute Gasteiger partial charge is 0.348 e. The van der Waals surface area contributed by atoms with Gasteiger partial charge in [-0.25, -0.2) is 8.42 Å². The van der Waals surface area contributed by atoms with E-state index in [1.54, 1.807) is 42.5 Å². The number of nitrogens with zero attached hydrogens (tertiary/aromatic N) is 1. The number of sulfonamides is 1. The van der Waals surface area contributed by atoms with Crippen LogP contribution in [0.5, 0.6) is 0 Å². The highest BCUT2D eigenvalue weighted by Gasteiger charge is 2.26. The maximum absolute atomic E-state index is 13.2. The standard InChI is InChI=1S/C24H25ClN2O3S/c1-19(21-12-14-22(25)15-13-21)26-24(28)18-27(17-16-20-8-4-2-5-9-20)31(29,30)23-10-6-3-7-11-23/h2-15,19H,16-18H2,1H3,(H,26,28)/t19-/m0/s1. The molecule has 3 rings (SSSR count). The summed E-state index contributed by atoms with van der Waals surface area (Å²) in [5.41, 5.74) is 1.89. The number of rotatable bonds is 9. The number of amides is 1. The van der Waals surface area contributed by atoms with Crippen LogP contribution in [0.3, 0.4) is 0 Å². The highest BCUT2D eigenvalue weighted by molar-refractivity contribution is 7.89. The topological polar surface area (TPSA) is 66.5 Å².